The van der Waals surface area contributed by atoms with Gasteiger partial charge in [-0.25, -0.2) is 0 Å². The molecule has 108 valence electrons. The van der Waals surface area contributed by atoms with Gasteiger partial charge in [-0.05, 0) is 12.8 Å². The topological polar surface area (TPSA) is 66.8 Å². The van der Waals surface area contributed by atoms with Crippen LogP contribution in [0.3, 0.4) is 0 Å². The van der Waals surface area contributed by atoms with Crippen LogP contribution in [0.25, 0.3) is 0 Å². The minimum atomic E-state index is -0.675. The van der Waals surface area contributed by atoms with Crippen molar-refractivity contribution in [2.75, 3.05) is 25.2 Å². The van der Waals surface area contributed by atoms with Gasteiger partial charge >= 0.3 is 5.97 Å². The van der Waals surface area contributed by atoms with Crippen molar-refractivity contribution in [1.82, 2.24) is 0 Å². The second kappa shape index (κ2) is 10.8. The Hall–Kier alpha value is -0.130. The number of hydrogen-bond acceptors (Lipinski definition) is 3. The maximum atomic E-state index is 10.1. The van der Waals surface area contributed by atoms with Crippen LogP contribution in [-0.2, 0) is 9.53 Å². The van der Waals surface area contributed by atoms with E-state index in [0.717, 1.165) is 31.4 Å². The van der Waals surface area contributed by atoms with E-state index in [4.69, 9.17) is 14.9 Å². The van der Waals surface area contributed by atoms with Crippen LogP contribution in [0.1, 0.15) is 45.4 Å². The molecule has 0 aliphatic carbocycles. The highest BCUT2D eigenvalue weighted by atomic mass is 79.9. The van der Waals surface area contributed by atoms with Crippen molar-refractivity contribution in [3.63, 3.8) is 0 Å². The maximum Gasteiger partial charge on any atom is 0.303 e. The van der Waals surface area contributed by atoms with Gasteiger partial charge in [0.1, 0.15) is 0 Å². The van der Waals surface area contributed by atoms with E-state index in [0.29, 0.717) is 6.42 Å². The molecule has 18 heavy (non-hydrogen) atoms. The van der Waals surface area contributed by atoms with E-state index in [1.807, 2.05) is 6.92 Å². The van der Waals surface area contributed by atoms with Gasteiger partial charge in [-0.3, -0.25) is 4.79 Å². The van der Waals surface area contributed by atoms with Crippen LogP contribution in [0.2, 0.25) is 0 Å². The number of rotatable bonds is 8. The Kier molecular flexibility index (Phi) is 10.7. The molecule has 0 bridgehead atoms. The summed E-state index contributed by atoms with van der Waals surface area (Å²) in [7, 11) is 0. The number of carbonyl (C=O) groups is 1. The van der Waals surface area contributed by atoms with Gasteiger partial charge < -0.3 is 14.9 Å². The molecular formula is C13H25BrO4. The first-order valence-electron chi connectivity index (χ1n) is 6.50. The number of halogens is 1. The van der Waals surface area contributed by atoms with Gasteiger partial charge in [-0.15, -0.1) is 0 Å². The van der Waals surface area contributed by atoms with E-state index in [2.05, 4.69) is 15.9 Å². The molecule has 1 aliphatic heterocycles. The van der Waals surface area contributed by atoms with Crippen LogP contribution in [0.5, 0.6) is 0 Å². The standard InChI is InChI=1S/C8H15BrO2.C5H10O2/c9-7-5-3-1-2-4-6-8(10)11;1-5(2-6)3-7-4-5/h1-7H2,(H,10,11);6H,2-4H2,1H3. The van der Waals surface area contributed by atoms with E-state index in [1.165, 1.54) is 19.3 Å². The molecule has 1 saturated heterocycles. The fraction of sp³-hybridized carbons (Fsp3) is 0.923. The predicted octanol–water partition coefficient (Wildman–Crippen LogP) is 2.82. The predicted molar refractivity (Wildman–Crippen MR) is 75.1 cm³/mol. The summed E-state index contributed by atoms with van der Waals surface area (Å²) in [5.41, 5.74) is 0.0972. The molecule has 5 heteroatoms. The van der Waals surface area contributed by atoms with Crippen molar-refractivity contribution in [2.45, 2.75) is 45.4 Å². The zero-order valence-electron chi connectivity index (χ0n) is 11.2. The second-order valence-corrected chi connectivity index (χ2v) is 5.86. The fourth-order valence-electron chi connectivity index (χ4n) is 1.44. The first-order valence-corrected chi connectivity index (χ1v) is 7.62. The Morgan fingerprint density at radius 2 is 1.78 bits per heavy atom. The van der Waals surface area contributed by atoms with E-state index in [-0.39, 0.29) is 12.0 Å². The van der Waals surface area contributed by atoms with Crippen molar-refractivity contribution in [3.05, 3.63) is 0 Å². The summed E-state index contributed by atoms with van der Waals surface area (Å²) < 4.78 is 4.87. The Morgan fingerprint density at radius 1 is 1.22 bits per heavy atom. The summed E-state index contributed by atoms with van der Waals surface area (Å²) in [6, 6.07) is 0. The SMILES string of the molecule is CC1(CO)COC1.O=C(O)CCCCCCCBr. The smallest absolute Gasteiger partial charge is 0.303 e. The molecule has 1 aliphatic rings. The molecule has 0 aromatic carbocycles. The third kappa shape index (κ3) is 9.85. The van der Waals surface area contributed by atoms with Crippen LogP contribution in [0.4, 0.5) is 0 Å². The fourth-order valence-corrected chi connectivity index (χ4v) is 1.84. The highest BCUT2D eigenvalue weighted by Gasteiger charge is 2.31. The normalized spacial score (nSPS) is 16.4. The summed E-state index contributed by atoms with van der Waals surface area (Å²) in [6.45, 7) is 3.72. The number of aliphatic hydroxyl groups excluding tert-OH is 1. The first-order chi connectivity index (χ1) is 8.54. The lowest BCUT2D eigenvalue weighted by molar-refractivity contribution is -0.137. The van der Waals surface area contributed by atoms with Crippen molar-refractivity contribution < 1.29 is 19.7 Å². The molecule has 4 nitrogen and oxygen atoms in total. The number of carboxylic acid groups (broad SMARTS) is 1. The number of unbranched alkanes of at least 4 members (excludes halogenated alkanes) is 4. The van der Waals surface area contributed by atoms with Gasteiger partial charge in [-0.2, -0.15) is 0 Å². The highest BCUT2D eigenvalue weighted by molar-refractivity contribution is 9.09. The number of aliphatic hydroxyl groups is 1. The molecule has 0 radical (unpaired) electrons. The van der Waals surface area contributed by atoms with Gasteiger partial charge in [-0.1, -0.05) is 42.1 Å². The third-order valence-electron chi connectivity index (χ3n) is 2.81. The molecule has 0 saturated carbocycles. The average Bonchev–Trinajstić information content (AvgIpc) is 2.31. The van der Waals surface area contributed by atoms with Gasteiger partial charge in [0, 0.05) is 17.2 Å². The largest absolute Gasteiger partial charge is 0.481 e. The lowest BCUT2D eigenvalue weighted by atomic mass is 9.90. The molecule has 0 spiro atoms. The van der Waals surface area contributed by atoms with Crippen LogP contribution in [0.15, 0.2) is 0 Å². The van der Waals surface area contributed by atoms with Gasteiger partial charge in [0.05, 0.1) is 19.8 Å². The summed E-state index contributed by atoms with van der Waals surface area (Å²) in [5, 5.41) is 17.9. The van der Waals surface area contributed by atoms with Gasteiger partial charge in [0.25, 0.3) is 0 Å². The lowest BCUT2D eigenvalue weighted by Gasteiger charge is -2.35. The monoisotopic (exact) mass is 324 g/mol. The molecule has 0 unspecified atom stereocenters. The highest BCUT2D eigenvalue weighted by Crippen LogP contribution is 2.24. The van der Waals surface area contributed by atoms with Crippen LogP contribution in [-0.4, -0.2) is 41.3 Å². The first kappa shape index (κ1) is 17.9. The lowest BCUT2D eigenvalue weighted by Crippen LogP contribution is -2.42. The zero-order chi connectivity index (χ0) is 13.9. The minimum Gasteiger partial charge on any atom is -0.481 e. The molecule has 0 aromatic heterocycles. The Balaban J connectivity index is 0.000000351. The third-order valence-corrected chi connectivity index (χ3v) is 3.37. The molecule has 0 amide bonds. The van der Waals surface area contributed by atoms with Crippen molar-refractivity contribution >= 4 is 21.9 Å². The van der Waals surface area contributed by atoms with E-state index in [9.17, 15) is 4.79 Å². The number of ether oxygens (including phenoxy) is 1. The molecule has 1 rings (SSSR count). The van der Waals surface area contributed by atoms with Crippen LogP contribution >= 0.6 is 15.9 Å². The van der Waals surface area contributed by atoms with Crippen LogP contribution < -0.4 is 0 Å². The van der Waals surface area contributed by atoms with Gasteiger partial charge in [0.15, 0.2) is 0 Å². The quantitative estimate of drug-likeness (QED) is 0.532. The van der Waals surface area contributed by atoms with Crippen molar-refractivity contribution in [3.8, 4) is 0 Å². The van der Waals surface area contributed by atoms with E-state index in [1.54, 1.807) is 0 Å². The molecule has 0 atom stereocenters. The number of alkyl halides is 1. The Morgan fingerprint density at radius 3 is 2.11 bits per heavy atom. The zero-order valence-corrected chi connectivity index (χ0v) is 12.7. The van der Waals surface area contributed by atoms with Crippen LogP contribution in [0, 0.1) is 5.41 Å². The number of aliphatic carboxylic acids is 1. The van der Waals surface area contributed by atoms with E-state index >= 15 is 0 Å². The Bertz CT molecular complexity index is 212. The molecular weight excluding hydrogens is 300 g/mol. The minimum absolute atomic E-state index is 0.0972. The summed E-state index contributed by atoms with van der Waals surface area (Å²) in [5.74, 6) is -0.675. The molecule has 0 aromatic rings. The number of hydrogen-bond donors (Lipinski definition) is 2. The van der Waals surface area contributed by atoms with E-state index < -0.39 is 5.97 Å². The molecule has 1 fully saturated rings. The second-order valence-electron chi connectivity index (χ2n) is 5.06. The Labute approximate surface area is 118 Å². The van der Waals surface area contributed by atoms with Crippen molar-refractivity contribution in [1.29, 1.82) is 0 Å². The average molecular weight is 325 g/mol. The van der Waals surface area contributed by atoms with Gasteiger partial charge in [0.2, 0.25) is 0 Å². The molecule has 1 heterocycles. The summed E-state index contributed by atoms with van der Waals surface area (Å²) in [6.07, 6.45) is 5.79. The number of carboxylic acids is 1. The summed E-state index contributed by atoms with van der Waals surface area (Å²) in [4.78, 5) is 10.1. The van der Waals surface area contributed by atoms with Crippen molar-refractivity contribution in [2.24, 2.45) is 5.41 Å². The maximum absolute atomic E-state index is 10.1. The molecule has 2 N–H and O–H groups in total. The summed E-state index contributed by atoms with van der Waals surface area (Å²) >= 11 is 3.35.